The monoisotopic (exact) mass is 735 g/mol. The standard InChI is InChI=1S/C55H45NO/c1-54(2,3)42-23-31-46-49-33-40(22-32-50(49)55(4,5)51(46)35-42)38-17-26-44(27-18-38)56(43-24-15-37(16-25-43)36-11-7-6-8-12-36)45-28-19-39(20-29-45)41-21-30-48-47-13-9-10-14-52(47)57-53(48)34-41/h6-35H,1-5H3. The van der Waals surface area contributed by atoms with Gasteiger partial charge in [-0.05, 0) is 127 Å². The van der Waals surface area contributed by atoms with E-state index in [1.807, 2.05) is 12.1 Å². The summed E-state index contributed by atoms with van der Waals surface area (Å²) in [5.74, 6) is 0. The van der Waals surface area contributed by atoms with E-state index in [9.17, 15) is 0 Å². The van der Waals surface area contributed by atoms with Crippen molar-refractivity contribution in [3.8, 4) is 44.5 Å². The first kappa shape index (κ1) is 34.8. The minimum Gasteiger partial charge on any atom is -0.456 e. The molecule has 57 heavy (non-hydrogen) atoms. The normalized spacial score (nSPS) is 13.1. The summed E-state index contributed by atoms with van der Waals surface area (Å²) in [6.45, 7) is 11.6. The summed E-state index contributed by atoms with van der Waals surface area (Å²) in [7, 11) is 0. The number of fused-ring (bicyclic) bond motifs is 6. The molecule has 0 atom stereocenters. The number of nitrogens with zero attached hydrogens (tertiary/aromatic N) is 1. The molecular formula is C55H45NO. The second-order valence-corrected chi connectivity index (χ2v) is 17.0. The molecule has 0 aliphatic heterocycles. The summed E-state index contributed by atoms with van der Waals surface area (Å²) in [4.78, 5) is 2.35. The molecule has 1 aliphatic rings. The molecule has 276 valence electrons. The number of hydrogen-bond acceptors (Lipinski definition) is 2. The second-order valence-electron chi connectivity index (χ2n) is 17.0. The number of hydrogen-bond donors (Lipinski definition) is 0. The Hall–Kier alpha value is -6.64. The van der Waals surface area contributed by atoms with Crippen molar-refractivity contribution >= 4 is 39.0 Å². The summed E-state index contributed by atoms with van der Waals surface area (Å²) in [5.41, 5.74) is 19.2. The molecule has 0 bridgehead atoms. The number of anilines is 3. The maximum absolute atomic E-state index is 6.23. The zero-order chi connectivity index (χ0) is 38.9. The smallest absolute Gasteiger partial charge is 0.136 e. The van der Waals surface area contributed by atoms with Gasteiger partial charge in [0, 0.05) is 33.2 Å². The zero-order valence-electron chi connectivity index (χ0n) is 33.2. The summed E-state index contributed by atoms with van der Waals surface area (Å²) in [6.07, 6.45) is 0. The lowest BCUT2D eigenvalue weighted by Crippen LogP contribution is -2.17. The lowest BCUT2D eigenvalue weighted by Gasteiger charge is -2.26. The van der Waals surface area contributed by atoms with E-state index in [-0.39, 0.29) is 10.8 Å². The summed E-state index contributed by atoms with van der Waals surface area (Å²) in [5, 5.41) is 2.29. The van der Waals surface area contributed by atoms with E-state index >= 15 is 0 Å². The Balaban J connectivity index is 1.00. The van der Waals surface area contributed by atoms with Crippen LogP contribution in [0.5, 0.6) is 0 Å². The van der Waals surface area contributed by atoms with Crippen LogP contribution in [0, 0.1) is 0 Å². The Bertz CT molecular complexity index is 2920. The van der Waals surface area contributed by atoms with Gasteiger partial charge >= 0.3 is 0 Å². The topological polar surface area (TPSA) is 16.4 Å². The Morgan fingerprint density at radius 2 is 0.912 bits per heavy atom. The molecule has 1 aromatic heterocycles. The first-order chi connectivity index (χ1) is 27.6. The lowest BCUT2D eigenvalue weighted by molar-refractivity contribution is 0.584. The van der Waals surface area contributed by atoms with E-state index in [4.69, 9.17) is 4.42 Å². The highest BCUT2D eigenvalue weighted by Gasteiger charge is 2.36. The van der Waals surface area contributed by atoms with Crippen molar-refractivity contribution < 1.29 is 4.42 Å². The van der Waals surface area contributed by atoms with Crippen molar-refractivity contribution in [3.05, 3.63) is 199 Å². The van der Waals surface area contributed by atoms with Crippen LogP contribution in [0.25, 0.3) is 66.4 Å². The predicted molar refractivity (Wildman–Crippen MR) is 241 cm³/mol. The molecule has 0 saturated carbocycles. The minimum atomic E-state index is -0.0411. The number of furan rings is 1. The van der Waals surface area contributed by atoms with Crippen molar-refractivity contribution in [2.45, 2.75) is 45.4 Å². The van der Waals surface area contributed by atoms with Gasteiger partial charge < -0.3 is 9.32 Å². The molecule has 1 heterocycles. The highest BCUT2D eigenvalue weighted by molar-refractivity contribution is 6.06. The molecule has 0 spiro atoms. The average Bonchev–Trinajstić information content (AvgIpc) is 3.72. The van der Waals surface area contributed by atoms with Gasteiger partial charge in [0.05, 0.1) is 0 Å². The van der Waals surface area contributed by atoms with Gasteiger partial charge in [-0.3, -0.25) is 0 Å². The van der Waals surface area contributed by atoms with Crippen LogP contribution in [0.3, 0.4) is 0 Å². The predicted octanol–water partition coefficient (Wildman–Crippen LogP) is 15.7. The van der Waals surface area contributed by atoms with Crippen molar-refractivity contribution in [1.82, 2.24) is 0 Å². The largest absolute Gasteiger partial charge is 0.456 e. The Labute approximate surface area is 335 Å². The van der Waals surface area contributed by atoms with Gasteiger partial charge in [-0.15, -0.1) is 0 Å². The van der Waals surface area contributed by atoms with Gasteiger partial charge in [0.2, 0.25) is 0 Å². The SMILES string of the molecule is CC(C)(C)c1ccc2c(c1)C(C)(C)c1ccc(-c3ccc(N(c4ccc(-c5ccccc5)cc4)c4ccc(-c5ccc6c(c5)oc5ccccc56)cc4)cc3)cc1-2. The Morgan fingerprint density at radius 3 is 1.54 bits per heavy atom. The van der Waals surface area contributed by atoms with E-state index in [2.05, 4.69) is 209 Å². The van der Waals surface area contributed by atoms with Crippen LogP contribution in [0.2, 0.25) is 0 Å². The Kier molecular flexibility index (Phi) is 8.09. The van der Waals surface area contributed by atoms with Gasteiger partial charge in [0.25, 0.3) is 0 Å². The molecular weight excluding hydrogens is 691 g/mol. The first-order valence-corrected chi connectivity index (χ1v) is 20.0. The highest BCUT2D eigenvalue weighted by Crippen LogP contribution is 2.51. The van der Waals surface area contributed by atoms with E-state index in [1.54, 1.807) is 0 Å². The van der Waals surface area contributed by atoms with Gasteiger partial charge in [-0.1, -0.05) is 156 Å². The molecule has 1 aliphatic carbocycles. The van der Waals surface area contributed by atoms with Crippen LogP contribution in [0.15, 0.2) is 186 Å². The molecule has 0 radical (unpaired) electrons. The van der Waals surface area contributed by atoms with E-state index in [0.717, 1.165) is 50.1 Å². The third-order valence-electron chi connectivity index (χ3n) is 12.1. The van der Waals surface area contributed by atoms with E-state index in [1.165, 1.54) is 50.1 Å². The van der Waals surface area contributed by atoms with Crippen LogP contribution in [0.4, 0.5) is 17.1 Å². The van der Waals surface area contributed by atoms with Gasteiger partial charge in [-0.25, -0.2) is 0 Å². The summed E-state index contributed by atoms with van der Waals surface area (Å²) >= 11 is 0. The molecule has 0 unspecified atom stereocenters. The van der Waals surface area contributed by atoms with Gasteiger partial charge in [-0.2, -0.15) is 0 Å². The fourth-order valence-electron chi connectivity index (χ4n) is 8.79. The molecule has 2 heteroatoms. The number of para-hydroxylation sites is 1. The molecule has 9 aromatic rings. The summed E-state index contributed by atoms with van der Waals surface area (Å²) < 4.78 is 6.23. The maximum atomic E-state index is 6.23. The lowest BCUT2D eigenvalue weighted by atomic mass is 9.79. The van der Waals surface area contributed by atoms with E-state index in [0.29, 0.717) is 0 Å². The van der Waals surface area contributed by atoms with Crippen LogP contribution in [0.1, 0.15) is 51.3 Å². The maximum Gasteiger partial charge on any atom is 0.136 e. The van der Waals surface area contributed by atoms with Crippen molar-refractivity contribution in [2.75, 3.05) is 4.90 Å². The van der Waals surface area contributed by atoms with Crippen molar-refractivity contribution in [3.63, 3.8) is 0 Å². The second kappa shape index (κ2) is 13.2. The number of rotatable bonds is 6. The zero-order valence-corrected chi connectivity index (χ0v) is 33.2. The molecule has 0 N–H and O–H groups in total. The van der Waals surface area contributed by atoms with Crippen LogP contribution in [-0.2, 0) is 10.8 Å². The quantitative estimate of drug-likeness (QED) is 0.169. The van der Waals surface area contributed by atoms with Crippen LogP contribution >= 0.6 is 0 Å². The van der Waals surface area contributed by atoms with Crippen molar-refractivity contribution in [1.29, 1.82) is 0 Å². The summed E-state index contributed by atoms with van der Waals surface area (Å²) in [6, 6.07) is 66.3. The molecule has 0 amide bonds. The third-order valence-corrected chi connectivity index (χ3v) is 12.1. The van der Waals surface area contributed by atoms with Gasteiger partial charge in [0.1, 0.15) is 11.2 Å². The molecule has 0 saturated heterocycles. The average molecular weight is 736 g/mol. The van der Waals surface area contributed by atoms with Crippen LogP contribution in [-0.4, -0.2) is 0 Å². The van der Waals surface area contributed by atoms with E-state index < -0.39 is 0 Å². The number of benzene rings is 8. The fraction of sp³-hybridized carbons (Fsp3) is 0.127. The Morgan fingerprint density at radius 1 is 0.404 bits per heavy atom. The third kappa shape index (κ3) is 6.04. The highest BCUT2D eigenvalue weighted by atomic mass is 16.3. The first-order valence-electron chi connectivity index (χ1n) is 20.0. The molecule has 2 nitrogen and oxygen atoms in total. The fourth-order valence-corrected chi connectivity index (χ4v) is 8.79. The van der Waals surface area contributed by atoms with Crippen molar-refractivity contribution in [2.24, 2.45) is 0 Å². The molecule has 10 rings (SSSR count). The molecule has 0 fully saturated rings. The van der Waals surface area contributed by atoms with Gasteiger partial charge in [0.15, 0.2) is 0 Å². The van der Waals surface area contributed by atoms with Crippen LogP contribution < -0.4 is 4.90 Å². The molecule has 8 aromatic carbocycles. The minimum absolute atomic E-state index is 0.0411.